The third-order valence-electron chi connectivity index (χ3n) is 17.6. The Morgan fingerprint density at radius 2 is 0.506 bits per heavy atom. The van der Waals surface area contributed by atoms with Crippen molar-refractivity contribution in [2.45, 2.75) is 0 Å². The third-order valence-corrected chi connectivity index (χ3v) is 18.8. The van der Waals surface area contributed by atoms with Gasteiger partial charge in [0.15, 0.2) is 0 Å². The van der Waals surface area contributed by atoms with Crippen molar-refractivity contribution in [1.29, 1.82) is 0 Å². The minimum atomic E-state index is 0.898. The van der Waals surface area contributed by atoms with Gasteiger partial charge >= 0.3 is 0 Å². The topological polar surface area (TPSA) is 25.8 Å². The van der Waals surface area contributed by atoms with Gasteiger partial charge in [-0.2, -0.15) is 0 Å². The van der Waals surface area contributed by atoms with Crippen molar-refractivity contribution < 1.29 is 0 Å². The van der Waals surface area contributed by atoms with Crippen LogP contribution in [0.3, 0.4) is 0 Å². The summed E-state index contributed by atoms with van der Waals surface area (Å²) >= 11 is 1.89. The molecule has 13 aromatic carbocycles. The number of hydrogen-bond donors (Lipinski definition) is 0. The summed E-state index contributed by atoms with van der Waals surface area (Å²) < 4.78 is 2.58. The first-order chi connectivity index (χ1) is 43.0. The standard InChI is InChI=1S/C84H52N2S/c1-2-9-53(10-3-1)72-39-42-77-78-20-8-19-76(84(78)87-81(77)52-72)75-50-73-49-74(51-75)71-18-7-16-69(48-71)57-27-23-55(24-28-57)65-12-5-14-67(46-65)59-31-35-61(36-32-59)80-44-41-63-38-37-62-40-43-79(85-82(62)83(63)86-80)60-33-29-58(30-34-60)66-13-4-11-64(45-66)54-21-25-56(26-22-54)68-15-6-17-70(73)47-68/h1-52H. The highest BCUT2D eigenvalue weighted by Gasteiger charge is 2.17. The van der Waals surface area contributed by atoms with Crippen LogP contribution in [0.5, 0.6) is 0 Å². The second-order valence-corrected chi connectivity index (χ2v) is 23.9. The van der Waals surface area contributed by atoms with Crippen LogP contribution in [0.15, 0.2) is 315 Å². The van der Waals surface area contributed by atoms with Gasteiger partial charge in [0.2, 0.25) is 0 Å². The van der Waals surface area contributed by atoms with E-state index in [1.54, 1.807) is 0 Å². The van der Waals surface area contributed by atoms with Gasteiger partial charge in [-0.1, -0.05) is 255 Å². The van der Waals surface area contributed by atoms with Gasteiger partial charge in [-0.25, -0.2) is 9.97 Å². The molecule has 87 heavy (non-hydrogen) atoms. The molecule has 0 spiro atoms. The molecule has 7 aliphatic heterocycles. The van der Waals surface area contributed by atoms with Crippen LogP contribution < -0.4 is 0 Å². The first kappa shape index (κ1) is 50.4. The number of aromatic nitrogens is 2. The number of thiophene rings is 1. The van der Waals surface area contributed by atoms with E-state index < -0.39 is 0 Å². The Morgan fingerprint density at radius 1 is 0.195 bits per heavy atom. The fourth-order valence-corrected chi connectivity index (χ4v) is 14.2. The molecule has 0 aliphatic carbocycles. The SMILES string of the molecule is c1ccc(-c2ccc3c(c2)sc2c(-c4cc5cc(c4)-c4cccc(c4)-c4ccc(cc4)-c4cccc(c4)-c4ccc(cc4)-c4ccc6ccc7ccc(nc7c6n4)-c4ccc(cc4)-c4cccc(c4)-c4ccc(cc4)-c4cccc-5c4)cccc23)cc1. The zero-order valence-electron chi connectivity index (χ0n) is 47.3. The fourth-order valence-electron chi connectivity index (χ4n) is 12.9. The molecule has 3 heteroatoms. The van der Waals surface area contributed by atoms with Gasteiger partial charge in [0.05, 0.1) is 22.4 Å². The van der Waals surface area contributed by atoms with Crippen LogP contribution in [-0.4, -0.2) is 9.97 Å². The molecule has 2 nitrogen and oxygen atoms in total. The van der Waals surface area contributed by atoms with Crippen molar-refractivity contribution >= 4 is 53.3 Å². The van der Waals surface area contributed by atoms with Crippen LogP contribution in [0.1, 0.15) is 0 Å². The maximum absolute atomic E-state index is 5.30. The Hall–Kier alpha value is -11.1. The molecular weight excluding hydrogens is 1070 g/mol. The predicted molar refractivity (Wildman–Crippen MR) is 369 cm³/mol. The normalized spacial score (nSPS) is 11.7. The van der Waals surface area contributed by atoms with Gasteiger partial charge in [0.25, 0.3) is 0 Å². The molecule has 10 heterocycles. The van der Waals surface area contributed by atoms with Crippen molar-refractivity contribution in [3.8, 4) is 134 Å². The molecule has 0 saturated heterocycles. The second kappa shape index (κ2) is 20.9. The van der Waals surface area contributed by atoms with Crippen molar-refractivity contribution in [3.63, 3.8) is 0 Å². The van der Waals surface area contributed by atoms with Gasteiger partial charge in [-0.15, -0.1) is 11.3 Å². The van der Waals surface area contributed by atoms with E-state index in [4.69, 9.17) is 9.97 Å². The summed E-state index contributed by atoms with van der Waals surface area (Å²) in [7, 11) is 0. The molecule has 0 saturated carbocycles. The van der Waals surface area contributed by atoms with Gasteiger partial charge in [0.1, 0.15) is 0 Å². The van der Waals surface area contributed by atoms with Crippen LogP contribution in [0.25, 0.3) is 176 Å². The van der Waals surface area contributed by atoms with Crippen molar-refractivity contribution in [2.24, 2.45) is 0 Å². The zero-order chi connectivity index (χ0) is 57.4. The zero-order valence-corrected chi connectivity index (χ0v) is 48.1. The monoisotopic (exact) mass is 1120 g/mol. The van der Waals surface area contributed by atoms with Crippen LogP contribution in [-0.2, 0) is 0 Å². The molecule has 22 bridgehead atoms. The fraction of sp³-hybridized carbons (Fsp3) is 0. The first-order valence-electron chi connectivity index (χ1n) is 29.7. The molecule has 3 aromatic heterocycles. The van der Waals surface area contributed by atoms with Gasteiger partial charge in [-0.05, 0) is 172 Å². The van der Waals surface area contributed by atoms with Crippen molar-refractivity contribution in [2.75, 3.05) is 0 Å². The quantitative estimate of drug-likeness (QED) is 0.161. The molecular formula is C84H52N2S. The highest BCUT2D eigenvalue weighted by molar-refractivity contribution is 7.26. The Balaban J connectivity index is 0.789. The lowest BCUT2D eigenvalue weighted by molar-refractivity contribution is 1.36. The van der Waals surface area contributed by atoms with E-state index in [1.807, 2.05) is 11.3 Å². The van der Waals surface area contributed by atoms with Gasteiger partial charge in [-0.3, -0.25) is 0 Å². The Kier molecular flexibility index (Phi) is 12.1. The summed E-state index contributed by atoms with van der Waals surface area (Å²) in [6, 6.07) is 116. The predicted octanol–water partition coefficient (Wildman–Crippen LogP) is 23.5. The molecule has 0 N–H and O–H groups in total. The maximum atomic E-state index is 5.30. The van der Waals surface area contributed by atoms with E-state index >= 15 is 0 Å². The third kappa shape index (κ3) is 9.30. The Bertz CT molecular complexity index is 5090. The summed E-state index contributed by atoms with van der Waals surface area (Å²) in [4.78, 5) is 10.6. The summed E-state index contributed by atoms with van der Waals surface area (Å²) in [6.45, 7) is 0. The van der Waals surface area contributed by atoms with Crippen LogP contribution in [0.4, 0.5) is 0 Å². The molecule has 7 aliphatic rings. The number of pyridine rings is 2. The lowest BCUT2D eigenvalue weighted by Crippen LogP contribution is -1.91. The van der Waals surface area contributed by atoms with E-state index in [-0.39, 0.29) is 0 Å². The number of fused-ring (bicyclic) bond motifs is 3. The molecule has 23 rings (SSSR count). The smallest absolute Gasteiger partial charge is 0.0972 e. The lowest BCUT2D eigenvalue weighted by atomic mass is 9.90. The summed E-state index contributed by atoms with van der Waals surface area (Å²) in [5.74, 6) is 0. The van der Waals surface area contributed by atoms with Crippen molar-refractivity contribution in [3.05, 3.63) is 315 Å². The second-order valence-electron chi connectivity index (χ2n) is 22.9. The van der Waals surface area contributed by atoms with Crippen LogP contribution in [0, 0.1) is 0 Å². The lowest BCUT2D eigenvalue weighted by Gasteiger charge is -2.14. The maximum Gasteiger partial charge on any atom is 0.0972 e. The van der Waals surface area contributed by atoms with Crippen LogP contribution in [0.2, 0.25) is 0 Å². The molecule has 0 amide bonds. The molecule has 0 fully saturated rings. The minimum Gasteiger partial charge on any atom is -0.245 e. The highest BCUT2D eigenvalue weighted by Crippen LogP contribution is 2.45. The van der Waals surface area contributed by atoms with E-state index in [1.165, 1.54) is 109 Å². The summed E-state index contributed by atoms with van der Waals surface area (Å²) in [5, 5.41) is 4.70. The number of nitrogens with zero attached hydrogens (tertiary/aromatic N) is 2. The molecule has 0 radical (unpaired) electrons. The molecule has 16 aromatic rings. The Morgan fingerprint density at radius 3 is 0.931 bits per heavy atom. The van der Waals surface area contributed by atoms with Gasteiger partial charge < -0.3 is 0 Å². The number of hydrogen-bond acceptors (Lipinski definition) is 3. The average molecular weight is 1120 g/mol. The van der Waals surface area contributed by atoms with E-state index in [9.17, 15) is 0 Å². The van der Waals surface area contributed by atoms with E-state index in [0.717, 1.165) is 66.6 Å². The highest BCUT2D eigenvalue weighted by atomic mass is 32.1. The summed E-state index contributed by atoms with van der Waals surface area (Å²) in [5.41, 5.74) is 29.3. The van der Waals surface area contributed by atoms with Gasteiger partial charge in [0, 0.05) is 42.1 Å². The molecule has 404 valence electrons. The Labute approximate surface area is 509 Å². The average Bonchev–Trinajstić information content (AvgIpc) is 4.17. The largest absolute Gasteiger partial charge is 0.245 e. The van der Waals surface area contributed by atoms with E-state index in [0.29, 0.717) is 0 Å². The summed E-state index contributed by atoms with van der Waals surface area (Å²) in [6.07, 6.45) is 0. The first-order valence-corrected chi connectivity index (χ1v) is 30.5. The van der Waals surface area contributed by atoms with Crippen molar-refractivity contribution in [1.82, 2.24) is 9.97 Å². The molecule has 0 atom stereocenters. The number of benzene rings is 13. The minimum absolute atomic E-state index is 0.898. The van der Waals surface area contributed by atoms with E-state index in [2.05, 4.69) is 315 Å². The molecule has 0 unspecified atom stereocenters. The van der Waals surface area contributed by atoms with Crippen LogP contribution >= 0.6 is 11.3 Å². The number of rotatable bonds is 2.